The molecule has 15 nitrogen and oxygen atoms in total. The lowest BCUT2D eigenvalue weighted by atomic mass is 9.85. The van der Waals surface area contributed by atoms with Crippen LogP contribution in [0.4, 0.5) is 18.0 Å². The van der Waals surface area contributed by atoms with Crippen LogP contribution >= 0.6 is 0 Å². The second kappa shape index (κ2) is 14.5. The lowest BCUT2D eigenvalue weighted by Gasteiger charge is -2.36. The minimum atomic E-state index is -4.92. The van der Waals surface area contributed by atoms with E-state index in [2.05, 4.69) is 26.9 Å². The average molecular weight is 784 g/mol. The normalized spacial score (nSPS) is 23.6. The van der Waals surface area contributed by atoms with Crippen LogP contribution in [-0.4, -0.2) is 97.4 Å². The number of likely N-dealkylation sites (tertiary alicyclic amines) is 1. The van der Waals surface area contributed by atoms with Gasteiger partial charge in [-0.25, -0.2) is 14.5 Å². The van der Waals surface area contributed by atoms with E-state index in [0.717, 1.165) is 10.3 Å². The zero-order valence-corrected chi connectivity index (χ0v) is 31.4. The van der Waals surface area contributed by atoms with Crippen molar-refractivity contribution >= 4 is 44.9 Å². The van der Waals surface area contributed by atoms with Gasteiger partial charge >= 0.3 is 22.6 Å². The molecule has 3 fully saturated rings. The van der Waals surface area contributed by atoms with Crippen LogP contribution in [0.5, 0.6) is 11.6 Å². The Kier molecular flexibility index (Phi) is 10.9. The van der Waals surface area contributed by atoms with Gasteiger partial charge in [0.25, 0.3) is 5.91 Å². The van der Waals surface area contributed by atoms with Crippen LogP contribution in [0.1, 0.15) is 60.3 Å². The number of halogens is 3. The second-order valence-corrected chi connectivity index (χ2v) is 16.5. The monoisotopic (exact) mass is 783 g/mol. The number of ether oxygens (including phenoxy) is 3. The molecule has 0 spiro atoms. The molecule has 296 valence electrons. The summed E-state index contributed by atoms with van der Waals surface area (Å²) >= 11 is 0. The van der Waals surface area contributed by atoms with E-state index in [0.29, 0.717) is 37.8 Å². The molecule has 1 aliphatic heterocycles. The molecule has 1 saturated heterocycles. The van der Waals surface area contributed by atoms with Gasteiger partial charge in [-0.05, 0) is 68.2 Å². The molecule has 0 radical (unpaired) electrons. The van der Waals surface area contributed by atoms with Crippen LogP contribution in [0.15, 0.2) is 43.1 Å². The zero-order valence-electron chi connectivity index (χ0n) is 30.6. The molecule has 2 unspecified atom stereocenters. The number of amides is 4. The van der Waals surface area contributed by atoms with Crippen molar-refractivity contribution in [2.45, 2.75) is 102 Å². The minimum absolute atomic E-state index is 0.00991. The van der Waals surface area contributed by atoms with E-state index in [4.69, 9.17) is 13.7 Å². The fourth-order valence-corrected chi connectivity index (χ4v) is 7.05. The topological polar surface area (TPSA) is 192 Å². The van der Waals surface area contributed by atoms with Crippen molar-refractivity contribution in [2.75, 3.05) is 13.7 Å². The largest absolute Gasteiger partial charge is 0.497 e. The summed E-state index contributed by atoms with van der Waals surface area (Å²) in [7, 11) is -2.99. The summed E-state index contributed by atoms with van der Waals surface area (Å²) in [5.41, 5.74) is -5.78. The first-order chi connectivity index (χ1) is 25.0. The summed E-state index contributed by atoms with van der Waals surface area (Å²) in [6, 6.07) is 4.02. The number of aromatic nitrogens is 1. The number of fused-ring (bicyclic) bond motifs is 1. The van der Waals surface area contributed by atoms with Crippen molar-refractivity contribution in [3.05, 3.63) is 43.1 Å². The van der Waals surface area contributed by atoms with Gasteiger partial charge in [0.1, 0.15) is 29.5 Å². The number of nitrogens with zero attached hydrogens (tertiary/aromatic N) is 2. The molecule has 2 aliphatic carbocycles. The highest BCUT2D eigenvalue weighted by atomic mass is 32.2. The highest BCUT2D eigenvalue weighted by Crippen LogP contribution is 2.45. The smallest absolute Gasteiger partial charge is 0.427 e. The third-order valence-corrected chi connectivity index (χ3v) is 10.5. The zero-order chi connectivity index (χ0) is 40.0. The van der Waals surface area contributed by atoms with Crippen LogP contribution in [-0.2, 0) is 33.6 Å². The first-order valence-corrected chi connectivity index (χ1v) is 18.6. The maximum Gasteiger partial charge on any atom is 0.427 e. The summed E-state index contributed by atoms with van der Waals surface area (Å²) in [6.45, 7) is 9.41. The lowest BCUT2D eigenvalue weighted by Crippen LogP contribution is -2.60. The molecule has 1 aromatic carbocycles. The molecule has 2 saturated carbocycles. The van der Waals surface area contributed by atoms with E-state index in [-0.39, 0.29) is 25.3 Å². The van der Waals surface area contributed by atoms with Crippen molar-refractivity contribution in [3.63, 3.8) is 0 Å². The molecule has 54 heavy (non-hydrogen) atoms. The van der Waals surface area contributed by atoms with E-state index in [1.54, 1.807) is 45.0 Å². The number of alkyl carbamates (subject to hydrolysis) is 1. The van der Waals surface area contributed by atoms with Crippen molar-refractivity contribution in [3.8, 4) is 11.6 Å². The number of carbonyl (C=O) groups excluding carboxylic acids is 4. The number of methoxy groups -OCH3 is 1. The van der Waals surface area contributed by atoms with Crippen LogP contribution in [0, 0.1) is 11.3 Å². The van der Waals surface area contributed by atoms with E-state index in [1.165, 1.54) is 19.4 Å². The predicted molar refractivity (Wildman–Crippen MR) is 186 cm³/mol. The number of hydrogen-bond acceptors (Lipinski definition) is 11. The lowest BCUT2D eigenvalue weighted by molar-refractivity contribution is -0.244. The standard InChI is InChI=1S/C35H44F3N5O10S/c1-8-20-17-34(20,30(46)42-54(48,49)53-21-9-10-21)41-27(44)25-16-23(51-28-24-12-11-22(50-7)15-19(24)13-14-39-28)18-43(25)29(45)26(32(2,3)4)40-31(47)52-33(5,6)35(36,37)38/h8,11-15,20-21,23,25-26H,1,9-10,16-18H2,2-7H3,(H,40,47)(H,41,44)(H,42,46)/t20?,23-,25?,26-,34-/m1/s1. The van der Waals surface area contributed by atoms with Gasteiger partial charge in [-0.1, -0.05) is 26.8 Å². The van der Waals surface area contributed by atoms with Crippen molar-refractivity contribution in [2.24, 2.45) is 11.3 Å². The first-order valence-electron chi connectivity index (χ1n) is 17.2. The number of pyridine rings is 1. The fraction of sp³-hybridized carbons (Fsp3) is 0.571. The van der Waals surface area contributed by atoms with E-state index in [1.807, 2.05) is 4.72 Å². The Morgan fingerprint density at radius 1 is 1.07 bits per heavy atom. The molecule has 4 amide bonds. The average Bonchev–Trinajstić information content (AvgIpc) is 3.97. The fourth-order valence-electron chi connectivity index (χ4n) is 6.04. The van der Waals surface area contributed by atoms with Gasteiger partial charge in [0, 0.05) is 23.9 Å². The molecule has 0 bridgehead atoms. The van der Waals surface area contributed by atoms with Gasteiger partial charge in [-0.15, -0.1) is 6.58 Å². The molecule has 3 aliphatic rings. The summed E-state index contributed by atoms with van der Waals surface area (Å²) in [6.07, 6.45) is -4.17. The highest BCUT2D eigenvalue weighted by Gasteiger charge is 2.62. The molecular weight excluding hydrogens is 739 g/mol. The number of rotatable bonds is 13. The molecule has 5 rings (SSSR count). The van der Waals surface area contributed by atoms with Gasteiger partial charge in [0.15, 0.2) is 0 Å². The van der Waals surface area contributed by atoms with Gasteiger partial charge in [0.2, 0.25) is 23.3 Å². The van der Waals surface area contributed by atoms with Crippen molar-refractivity contribution in [1.82, 2.24) is 25.2 Å². The summed E-state index contributed by atoms with van der Waals surface area (Å²) < 4.78 is 88.7. The van der Waals surface area contributed by atoms with Crippen LogP contribution in [0.3, 0.4) is 0 Å². The Balaban J connectivity index is 1.44. The Hall–Kier alpha value is -4.65. The Morgan fingerprint density at radius 3 is 2.33 bits per heavy atom. The second-order valence-electron chi connectivity index (χ2n) is 15.2. The quantitative estimate of drug-likeness (QED) is 0.251. The predicted octanol–water partition coefficient (Wildman–Crippen LogP) is 3.67. The molecule has 1 aromatic heterocycles. The third-order valence-electron chi connectivity index (χ3n) is 9.52. The number of hydrogen-bond donors (Lipinski definition) is 3. The first kappa shape index (κ1) is 40.5. The molecule has 2 heterocycles. The van der Waals surface area contributed by atoms with Gasteiger partial charge < -0.3 is 29.7 Å². The van der Waals surface area contributed by atoms with E-state index >= 15 is 0 Å². The minimum Gasteiger partial charge on any atom is -0.497 e. The third kappa shape index (κ3) is 8.83. The summed E-state index contributed by atoms with van der Waals surface area (Å²) in [5, 5.41) is 6.18. The number of nitrogens with one attached hydrogen (secondary N) is 3. The molecular formula is C35H44F3N5O10S. The maximum atomic E-state index is 14.4. The highest BCUT2D eigenvalue weighted by molar-refractivity contribution is 7.85. The molecule has 19 heteroatoms. The van der Waals surface area contributed by atoms with E-state index in [9.17, 15) is 40.8 Å². The Labute approximate surface area is 310 Å². The van der Waals surface area contributed by atoms with Crippen molar-refractivity contribution < 1.29 is 59.2 Å². The van der Waals surface area contributed by atoms with Crippen LogP contribution < -0.4 is 24.8 Å². The molecule has 2 aromatic rings. The maximum absolute atomic E-state index is 14.4. The SMILES string of the molecule is C=CC1C[C@]1(NC(=O)C1C[C@@H](Oc2nccc3cc(OC)ccc23)CN1C(=O)[C@@H](NC(=O)OC(C)(C)C(F)(F)F)C(C)(C)C)C(=O)NS(=O)(=O)OC1CC1. The Bertz CT molecular complexity index is 1930. The van der Waals surface area contributed by atoms with Gasteiger partial charge in [-0.3, -0.25) is 18.6 Å². The van der Waals surface area contributed by atoms with Gasteiger partial charge in [0.05, 0.1) is 19.8 Å². The van der Waals surface area contributed by atoms with Gasteiger partial charge in [-0.2, -0.15) is 21.6 Å². The molecule has 3 N–H and O–H groups in total. The number of benzene rings is 1. The molecule has 5 atom stereocenters. The number of carbonyl (C=O) groups is 4. The summed E-state index contributed by atoms with van der Waals surface area (Å²) in [5.74, 6) is -2.72. The van der Waals surface area contributed by atoms with Crippen molar-refractivity contribution in [1.29, 1.82) is 0 Å². The van der Waals surface area contributed by atoms with E-state index < -0.39 is 87.1 Å². The van der Waals surface area contributed by atoms with Crippen LogP contribution in [0.25, 0.3) is 10.8 Å². The summed E-state index contributed by atoms with van der Waals surface area (Å²) in [4.78, 5) is 60.3. The number of alkyl halides is 3. The van der Waals surface area contributed by atoms with Crippen LogP contribution in [0.2, 0.25) is 0 Å². The Morgan fingerprint density at radius 2 is 1.76 bits per heavy atom.